The molecule has 1 fully saturated rings. The second kappa shape index (κ2) is 7.94. The van der Waals surface area contributed by atoms with Gasteiger partial charge >= 0.3 is 0 Å². The lowest BCUT2D eigenvalue weighted by Crippen LogP contribution is -2.35. The number of benzene rings is 1. The van der Waals surface area contributed by atoms with Gasteiger partial charge in [-0.15, -0.1) is 0 Å². The SMILES string of the molecule is O=C1CCN(C(=O)CSCCc2ccccc2)CCN1. The lowest BCUT2D eigenvalue weighted by molar-refractivity contribution is -0.128. The third-order valence-corrected chi connectivity index (χ3v) is 4.21. The van der Waals surface area contributed by atoms with E-state index in [-0.39, 0.29) is 11.8 Å². The molecule has 1 aliphatic rings. The maximum Gasteiger partial charge on any atom is 0.232 e. The first-order valence-electron chi connectivity index (χ1n) is 6.92. The summed E-state index contributed by atoms with van der Waals surface area (Å²) < 4.78 is 0. The number of aryl methyl sites for hydroxylation is 1. The number of hydrogen-bond donors (Lipinski definition) is 1. The van der Waals surface area contributed by atoms with Gasteiger partial charge in [-0.25, -0.2) is 0 Å². The minimum atomic E-state index is 0.0389. The second-order valence-electron chi connectivity index (χ2n) is 4.77. The number of thioether (sulfide) groups is 1. The van der Waals surface area contributed by atoms with Crippen LogP contribution in [-0.4, -0.2) is 47.9 Å². The minimum Gasteiger partial charge on any atom is -0.354 e. The topological polar surface area (TPSA) is 49.4 Å². The molecule has 1 aliphatic heterocycles. The molecule has 20 heavy (non-hydrogen) atoms. The number of rotatable bonds is 5. The maximum atomic E-state index is 12.0. The molecule has 0 spiro atoms. The number of amides is 2. The van der Waals surface area contributed by atoms with Crippen LogP contribution in [0.1, 0.15) is 12.0 Å². The van der Waals surface area contributed by atoms with Gasteiger partial charge in [0.2, 0.25) is 11.8 Å². The van der Waals surface area contributed by atoms with E-state index >= 15 is 0 Å². The summed E-state index contributed by atoms with van der Waals surface area (Å²) in [5.41, 5.74) is 1.30. The van der Waals surface area contributed by atoms with Gasteiger partial charge in [0.05, 0.1) is 5.75 Å². The first-order valence-corrected chi connectivity index (χ1v) is 8.07. The molecule has 1 saturated heterocycles. The van der Waals surface area contributed by atoms with Crippen molar-refractivity contribution in [1.82, 2.24) is 10.2 Å². The summed E-state index contributed by atoms with van der Waals surface area (Å²) in [4.78, 5) is 25.0. The number of nitrogens with one attached hydrogen (secondary N) is 1. The summed E-state index contributed by atoms with van der Waals surface area (Å²) >= 11 is 1.66. The van der Waals surface area contributed by atoms with E-state index in [2.05, 4.69) is 17.4 Å². The molecule has 2 amide bonds. The zero-order chi connectivity index (χ0) is 14.2. The molecule has 0 radical (unpaired) electrons. The zero-order valence-corrected chi connectivity index (χ0v) is 12.3. The summed E-state index contributed by atoms with van der Waals surface area (Å²) in [6.45, 7) is 1.74. The Bertz CT molecular complexity index is 450. The lowest BCUT2D eigenvalue weighted by Gasteiger charge is -2.19. The highest BCUT2D eigenvalue weighted by atomic mass is 32.2. The Morgan fingerprint density at radius 1 is 1.25 bits per heavy atom. The normalized spacial score (nSPS) is 15.6. The largest absolute Gasteiger partial charge is 0.354 e. The van der Waals surface area contributed by atoms with E-state index in [4.69, 9.17) is 0 Å². The van der Waals surface area contributed by atoms with Crippen LogP contribution < -0.4 is 5.32 Å². The Labute approximate surface area is 123 Å². The van der Waals surface area contributed by atoms with Gasteiger partial charge in [-0.3, -0.25) is 9.59 Å². The van der Waals surface area contributed by atoms with Gasteiger partial charge in [-0.05, 0) is 17.7 Å². The molecular formula is C15H20N2O2S. The highest BCUT2D eigenvalue weighted by Crippen LogP contribution is 2.09. The van der Waals surface area contributed by atoms with Gasteiger partial charge in [-0.1, -0.05) is 30.3 Å². The van der Waals surface area contributed by atoms with Crippen molar-refractivity contribution in [3.05, 3.63) is 35.9 Å². The van der Waals surface area contributed by atoms with E-state index in [1.54, 1.807) is 16.7 Å². The van der Waals surface area contributed by atoms with Crippen molar-refractivity contribution in [1.29, 1.82) is 0 Å². The fourth-order valence-corrected chi connectivity index (χ4v) is 2.98. The Kier molecular flexibility index (Phi) is 5.92. The standard InChI is InChI=1S/C15H20N2O2S/c18-14-6-9-17(10-8-16-14)15(19)12-20-11-7-13-4-2-1-3-5-13/h1-5H,6-12H2,(H,16,18). The molecule has 0 atom stereocenters. The summed E-state index contributed by atoms with van der Waals surface area (Å²) in [5, 5.41) is 2.78. The quantitative estimate of drug-likeness (QED) is 0.833. The van der Waals surface area contributed by atoms with Crippen LogP contribution in [0.2, 0.25) is 0 Å². The Hall–Kier alpha value is -1.49. The first-order chi connectivity index (χ1) is 9.75. The van der Waals surface area contributed by atoms with E-state index in [9.17, 15) is 9.59 Å². The maximum absolute atomic E-state index is 12.0. The van der Waals surface area contributed by atoms with Gasteiger partial charge < -0.3 is 10.2 Å². The molecule has 0 saturated carbocycles. The average Bonchev–Trinajstić information content (AvgIpc) is 2.69. The van der Waals surface area contributed by atoms with Crippen molar-refractivity contribution in [2.75, 3.05) is 31.1 Å². The van der Waals surface area contributed by atoms with Crippen LogP contribution in [0.15, 0.2) is 30.3 Å². The van der Waals surface area contributed by atoms with Crippen molar-refractivity contribution >= 4 is 23.6 Å². The molecule has 0 bridgehead atoms. The van der Waals surface area contributed by atoms with Crippen molar-refractivity contribution in [3.8, 4) is 0 Å². The average molecular weight is 292 g/mol. The number of carbonyl (C=O) groups is 2. The molecule has 1 heterocycles. The van der Waals surface area contributed by atoms with Crippen molar-refractivity contribution in [2.45, 2.75) is 12.8 Å². The van der Waals surface area contributed by atoms with Gasteiger partial charge in [0, 0.05) is 26.1 Å². The molecule has 2 rings (SSSR count). The highest BCUT2D eigenvalue weighted by molar-refractivity contribution is 7.99. The molecular weight excluding hydrogens is 272 g/mol. The van der Waals surface area contributed by atoms with Crippen LogP contribution in [0.3, 0.4) is 0 Å². The van der Waals surface area contributed by atoms with Crippen molar-refractivity contribution < 1.29 is 9.59 Å². The lowest BCUT2D eigenvalue weighted by atomic mass is 10.2. The van der Waals surface area contributed by atoms with Crippen LogP contribution in [0, 0.1) is 0 Å². The molecule has 0 aliphatic carbocycles. The molecule has 5 heteroatoms. The molecule has 108 valence electrons. The summed E-state index contributed by atoms with van der Waals surface area (Å²) in [6, 6.07) is 10.3. The van der Waals surface area contributed by atoms with E-state index in [0.29, 0.717) is 31.8 Å². The fraction of sp³-hybridized carbons (Fsp3) is 0.467. The Morgan fingerprint density at radius 3 is 2.85 bits per heavy atom. The van der Waals surface area contributed by atoms with Gasteiger partial charge in [0.1, 0.15) is 0 Å². The molecule has 1 aromatic carbocycles. The predicted molar refractivity (Wildman–Crippen MR) is 81.7 cm³/mol. The number of hydrogen-bond acceptors (Lipinski definition) is 3. The van der Waals surface area contributed by atoms with Crippen LogP contribution in [0.25, 0.3) is 0 Å². The fourth-order valence-electron chi connectivity index (χ4n) is 2.10. The number of carbonyl (C=O) groups excluding carboxylic acids is 2. The van der Waals surface area contributed by atoms with Crippen molar-refractivity contribution in [2.24, 2.45) is 0 Å². The van der Waals surface area contributed by atoms with Gasteiger partial charge in [-0.2, -0.15) is 11.8 Å². The summed E-state index contributed by atoms with van der Waals surface area (Å²) in [5.74, 6) is 1.62. The van der Waals surface area contributed by atoms with E-state index < -0.39 is 0 Å². The molecule has 1 aromatic rings. The third kappa shape index (κ3) is 4.89. The van der Waals surface area contributed by atoms with Crippen molar-refractivity contribution in [3.63, 3.8) is 0 Å². The van der Waals surface area contributed by atoms with E-state index in [0.717, 1.165) is 12.2 Å². The zero-order valence-electron chi connectivity index (χ0n) is 11.5. The van der Waals surface area contributed by atoms with E-state index in [1.807, 2.05) is 18.2 Å². The molecule has 0 aromatic heterocycles. The molecule has 0 unspecified atom stereocenters. The van der Waals surface area contributed by atoms with Crippen LogP contribution >= 0.6 is 11.8 Å². The highest BCUT2D eigenvalue weighted by Gasteiger charge is 2.17. The monoisotopic (exact) mass is 292 g/mol. The minimum absolute atomic E-state index is 0.0389. The third-order valence-electron chi connectivity index (χ3n) is 3.27. The summed E-state index contributed by atoms with van der Waals surface area (Å²) in [6.07, 6.45) is 1.40. The van der Waals surface area contributed by atoms with Gasteiger partial charge in [0.25, 0.3) is 0 Å². The Morgan fingerprint density at radius 2 is 2.05 bits per heavy atom. The number of nitrogens with zero attached hydrogens (tertiary/aromatic N) is 1. The first kappa shape index (κ1) is 14.9. The summed E-state index contributed by atoms with van der Waals surface area (Å²) in [7, 11) is 0. The van der Waals surface area contributed by atoms with Crippen LogP contribution in [0.4, 0.5) is 0 Å². The second-order valence-corrected chi connectivity index (χ2v) is 5.87. The van der Waals surface area contributed by atoms with Crippen LogP contribution in [-0.2, 0) is 16.0 Å². The Balaban J connectivity index is 1.66. The molecule has 4 nitrogen and oxygen atoms in total. The van der Waals surface area contributed by atoms with E-state index in [1.165, 1.54) is 5.56 Å². The smallest absolute Gasteiger partial charge is 0.232 e. The predicted octanol–water partition coefficient (Wildman–Crippen LogP) is 1.31. The molecule has 1 N–H and O–H groups in total. The van der Waals surface area contributed by atoms with Crippen LogP contribution in [0.5, 0.6) is 0 Å². The van der Waals surface area contributed by atoms with Gasteiger partial charge in [0.15, 0.2) is 0 Å².